The molecule has 0 unspecified atom stereocenters. The van der Waals surface area contributed by atoms with Crippen LogP contribution in [0.4, 0.5) is 5.69 Å². The van der Waals surface area contributed by atoms with Crippen LogP contribution in [0.1, 0.15) is 10.4 Å². The summed E-state index contributed by atoms with van der Waals surface area (Å²) >= 11 is 0. The molecular weight excluding hydrogens is 264 g/mol. The van der Waals surface area contributed by atoms with Gasteiger partial charge in [-0.2, -0.15) is 0 Å². The minimum Gasteiger partial charge on any atom is -0.493 e. The summed E-state index contributed by atoms with van der Waals surface area (Å²) < 4.78 is 10.6. The Labute approximate surface area is 113 Å². The SMILES string of the molecule is COc1ccc([N+](=O)[O-])cc1Oc1cncc(C=O)c1. The van der Waals surface area contributed by atoms with Crippen molar-refractivity contribution < 1.29 is 19.2 Å². The van der Waals surface area contributed by atoms with Crippen molar-refractivity contribution in [3.05, 3.63) is 52.3 Å². The zero-order valence-corrected chi connectivity index (χ0v) is 10.5. The molecule has 1 heterocycles. The van der Waals surface area contributed by atoms with E-state index < -0.39 is 4.92 Å². The summed E-state index contributed by atoms with van der Waals surface area (Å²) in [6.07, 6.45) is 3.40. The number of benzene rings is 1. The van der Waals surface area contributed by atoms with Gasteiger partial charge in [-0.3, -0.25) is 19.9 Å². The average molecular weight is 274 g/mol. The molecule has 1 aromatic heterocycles. The number of nitro benzene ring substituents is 1. The highest BCUT2D eigenvalue weighted by molar-refractivity contribution is 5.74. The number of aldehydes is 1. The first kappa shape index (κ1) is 13.5. The molecule has 20 heavy (non-hydrogen) atoms. The second kappa shape index (κ2) is 5.79. The van der Waals surface area contributed by atoms with E-state index in [1.807, 2.05) is 0 Å². The van der Waals surface area contributed by atoms with Crippen molar-refractivity contribution in [3.63, 3.8) is 0 Å². The van der Waals surface area contributed by atoms with Crippen LogP contribution in [0.15, 0.2) is 36.7 Å². The van der Waals surface area contributed by atoms with E-state index in [0.717, 1.165) is 0 Å². The van der Waals surface area contributed by atoms with E-state index in [0.29, 0.717) is 17.6 Å². The normalized spacial score (nSPS) is 9.85. The molecule has 2 rings (SSSR count). The molecular formula is C13H10N2O5. The minimum atomic E-state index is -0.535. The molecule has 0 aliphatic carbocycles. The standard InChI is InChI=1S/C13H10N2O5/c1-19-12-3-2-10(15(17)18)5-13(12)20-11-4-9(8-16)6-14-7-11/h2-8H,1H3. The van der Waals surface area contributed by atoms with Crippen molar-refractivity contribution in [2.24, 2.45) is 0 Å². The number of nitrogens with zero attached hydrogens (tertiary/aromatic N) is 2. The van der Waals surface area contributed by atoms with Crippen LogP contribution in [-0.4, -0.2) is 23.3 Å². The second-order valence-corrected chi connectivity index (χ2v) is 3.77. The van der Waals surface area contributed by atoms with Crippen LogP contribution in [0.2, 0.25) is 0 Å². The third kappa shape index (κ3) is 2.89. The lowest BCUT2D eigenvalue weighted by Gasteiger charge is -2.09. The summed E-state index contributed by atoms with van der Waals surface area (Å²) in [5.41, 5.74) is 0.215. The third-order valence-corrected chi connectivity index (χ3v) is 2.46. The van der Waals surface area contributed by atoms with Gasteiger partial charge in [0, 0.05) is 17.8 Å². The fourth-order valence-electron chi connectivity index (χ4n) is 1.54. The zero-order chi connectivity index (χ0) is 14.5. The Morgan fingerprint density at radius 3 is 2.70 bits per heavy atom. The Hall–Kier alpha value is -2.96. The summed E-state index contributed by atoms with van der Waals surface area (Å²) in [6.45, 7) is 0. The zero-order valence-electron chi connectivity index (χ0n) is 10.5. The highest BCUT2D eigenvalue weighted by Gasteiger charge is 2.13. The van der Waals surface area contributed by atoms with Gasteiger partial charge >= 0.3 is 0 Å². The van der Waals surface area contributed by atoms with Crippen molar-refractivity contribution in [1.29, 1.82) is 0 Å². The van der Waals surface area contributed by atoms with Crippen LogP contribution >= 0.6 is 0 Å². The predicted molar refractivity (Wildman–Crippen MR) is 69.3 cm³/mol. The van der Waals surface area contributed by atoms with Gasteiger partial charge in [0.1, 0.15) is 5.75 Å². The van der Waals surface area contributed by atoms with Crippen LogP contribution in [0.3, 0.4) is 0 Å². The molecule has 0 aliphatic rings. The fourth-order valence-corrected chi connectivity index (χ4v) is 1.54. The number of rotatable bonds is 5. The number of nitro groups is 1. The number of aromatic nitrogens is 1. The van der Waals surface area contributed by atoms with Gasteiger partial charge in [-0.15, -0.1) is 0 Å². The third-order valence-electron chi connectivity index (χ3n) is 2.46. The Morgan fingerprint density at radius 2 is 2.05 bits per heavy atom. The molecule has 7 nitrogen and oxygen atoms in total. The van der Waals surface area contributed by atoms with Crippen molar-refractivity contribution in [3.8, 4) is 17.2 Å². The van der Waals surface area contributed by atoms with Gasteiger partial charge in [0.15, 0.2) is 17.8 Å². The largest absolute Gasteiger partial charge is 0.493 e. The van der Waals surface area contributed by atoms with Crippen LogP contribution in [0.5, 0.6) is 17.2 Å². The number of methoxy groups -OCH3 is 1. The molecule has 0 atom stereocenters. The maximum atomic E-state index is 10.8. The topological polar surface area (TPSA) is 91.6 Å². The van der Waals surface area contributed by atoms with Gasteiger partial charge in [-0.05, 0) is 12.1 Å². The van der Waals surface area contributed by atoms with E-state index in [9.17, 15) is 14.9 Å². The molecule has 7 heteroatoms. The van der Waals surface area contributed by atoms with E-state index in [4.69, 9.17) is 9.47 Å². The van der Waals surface area contributed by atoms with Gasteiger partial charge < -0.3 is 9.47 Å². The maximum absolute atomic E-state index is 10.8. The van der Waals surface area contributed by atoms with Crippen molar-refractivity contribution in [1.82, 2.24) is 4.98 Å². The van der Waals surface area contributed by atoms with E-state index in [1.165, 1.54) is 43.8 Å². The van der Waals surface area contributed by atoms with Crippen LogP contribution in [0, 0.1) is 10.1 Å². The highest BCUT2D eigenvalue weighted by Crippen LogP contribution is 2.34. The molecule has 0 spiro atoms. The molecule has 0 saturated heterocycles. The minimum absolute atomic E-state index is 0.125. The van der Waals surface area contributed by atoms with E-state index in [2.05, 4.69) is 4.98 Å². The number of carbonyl (C=O) groups excluding carboxylic acids is 1. The van der Waals surface area contributed by atoms with E-state index >= 15 is 0 Å². The molecule has 0 saturated carbocycles. The molecule has 0 radical (unpaired) electrons. The number of hydrogen-bond acceptors (Lipinski definition) is 6. The summed E-state index contributed by atoms with van der Waals surface area (Å²) in [7, 11) is 1.42. The van der Waals surface area contributed by atoms with E-state index in [-0.39, 0.29) is 17.2 Å². The Bertz CT molecular complexity index is 657. The van der Waals surface area contributed by atoms with Crippen molar-refractivity contribution in [2.75, 3.05) is 7.11 Å². The molecule has 1 aromatic carbocycles. The maximum Gasteiger partial charge on any atom is 0.273 e. The molecule has 0 N–H and O–H groups in total. The van der Waals surface area contributed by atoms with Crippen LogP contribution in [0.25, 0.3) is 0 Å². The molecule has 0 amide bonds. The lowest BCUT2D eigenvalue weighted by molar-refractivity contribution is -0.384. The van der Waals surface area contributed by atoms with Gasteiger partial charge in [0.2, 0.25) is 0 Å². The van der Waals surface area contributed by atoms with Gasteiger partial charge in [0.05, 0.1) is 24.3 Å². The van der Waals surface area contributed by atoms with Crippen molar-refractivity contribution in [2.45, 2.75) is 0 Å². The first-order chi connectivity index (χ1) is 9.63. The first-order valence-electron chi connectivity index (χ1n) is 5.54. The quantitative estimate of drug-likeness (QED) is 0.472. The smallest absolute Gasteiger partial charge is 0.273 e. The number of pyridine rings is 1. The number of carbonyl (C=O) groups is 1. The van der Waals surface area contributed by atoms with E-state index in [1.54, 1.807) is 0 Å². The average Bonchev–Trinajstić information content (AvgIpc) is 2.47. The Morgan fingerprint density at radius 1 is 1.25 bits per heavy atom. The van der Waals surface area contributed by atoms with Gasteiger partial charge in [-0.1, -0.05) is 0 Å². The molecule has 2 aromatic rings. The highest BCUT2D eigenvalue weighted by atomic mass is 16.6. The van der Waals surface area contributed by atoms with Gasteiger partial charge in [-0.25, -0.2) is 0 Å². The lowest BCUT2D eigenvalue weighted by atomic mass is 10.2. The fraction of sp³-hybridized carbons (Fsp3) is 0.0769. The molecule has 0 bridgehead atoms. The summed E-state index contributed by atoms with van der Waals surface area (Å²) in [5.74, 6) is 0.798. The summed E-state index contributed by atoms with van der Waals surface area (Å²) in [5, 5.41) is 10.8. The Kier molecular flexibility index (Phi) is 3.90. The number of hydrogen-bond donors (Lipinski definition) is 0. The number of ether oxygens (including phenoxy) is 2. The molecule has 0 fully saturated rings. The number of non-ortho nitro benzene ring substituents is 1. The lowest BCUT2D eigenvalue weighted by Crippen LogP contribution is -1.94. The predicted octanol–water partition coefficient (Wildman–Crippen LogP) is 2.60. The first-order valence-corrected chi connectivity index (χ1v) is 5.54. The molecule has 0 aliphatic heterocycles. The summed E-state index contributed by atoms with van der Waals surface area (Å²) in [6, 6.07) is 5.46. The summed E-state index contributed by atoms with van der Waals surface area (Å²) in [4.78, 5) is 24.7. The second-order valence-electron chi connectivity index (χ2n) is 3.77. The van der Waals surface area contributed by atoms with Crippen LogP contribution < -0.4 is 9.47 Å². The Balaban J connectivity index is 2.37. The molecule has 102 valence electrons. The monoisotopic (exact) mass is 274 g/mol. The van der Waals surface area contributed by atoms with Gasteiger partial charge in [0.25, 0.3) is 5.69 Å². The van der Waals surface area contributed by atoms with Crippen LogP contribution in [-0.2, 0) is 0 Å². The van der Waals surface area contributed by atoms with Crippen molar-refractivity contribution >= 4 is 12.0 Å².